The molecule has 1 rings (SSSR count). The van der Waals surface area contributed by atoms with E-state index in [9.17, 15) is 9.90 Å². The summed E-state index contributed by atoms with van der Waals surface area (Å²) in [5.41, 5.74) is 1.87. The molecular weight excluding hydrogens is 250 g/mol. The standard InChI is InChI=1S/C12H21N3O2S/c1-9(2)12(3,17)7-14-11(16)13-5-4-10-6-18-8-15-10/h6,8-9,17H,4-5,7H2,1-3H3,(H2,13,14,16). The topological polar surface area (TPSA) is 74.2 Å². The first kappa shape index (κ1) is 14.9. The molecule has 3 N–H and O–H groups in total. The number of aliphatic hydroxyl groups is 1. The molecule has 0 aliphatic carbocycles. The smallest absolute Gasteiger partial charge is 0.314 e. The number of thiazole rings is 1. The molecule has 0 saturated heterocycles. The summed E-state index contributed by atoms with van der Waals surface area (Å²) in [6.07, 6.45) is 0.720. The zero-order valence-electron chi connectivity index (χ0n) is 11.1. The third kappa shape index (κ3) is 5.01. The van der Waals surface area contributed by atoms with Crippen molar-refractivity contribution in [2.75, 3.05) is 13.1 Å². The maximum atomic E-state index is 11.5. The van der Waals surface area contributed by atoms with Crippen LogP contribution in [0, 0.1) is 5.92 Å². The van der Waals surface area contributed by atoms with Gasteiger partial charge in [0.2, 0.25) is 0 Å². The normalized spacial score (nSPS) is 14.3. The summed E-state index contributed by atoms with van der Waals surface area (Å²) in [5.74, 6) is 0.0906. The molecule has 0 radical (unpaired) electrons. The molecule has 0 fully saturated rings. The van der Waals surface area contributed by atoms with Crippen LogP contribution in [0.25, 0.3) is 0 Å². The molecule has 0 aromatic carbocycles. The minimum Gasteiger partial charge on any atom is -0.388 e. The van der Waals surface area contributed by atoms with Crippen LogP contribution in [0.3, 0.4) is 0 Å². The Morgan fingerprint density at radius 1 is 1.56 bits per heavy atom. The number of hydrogen-bond acceptors (Lipinski definition) is 4. The highest BCUT2D eigenvalue weighted by Gasteiger charge is 2.25. The van der Waals surface area contributed by atoms with Gasteiger partial charge in [-0.25, -0.2) is 9.78 Å². The fourth-order valence-corrected chi connectivity index (χ4v) is 1.78. The molecule has 0 aliphatic heterocycles. The number of aromatic nitrogens is 1. The van der Waals surface area contributed by atoms with Crippen molar-refractivity contribution in [3.05, 3.63) is 16.6 Å². The van der Waals surface area contributed by atoms with Crippen LogP contribution >= 0.6 is 11.3 Å². The Bertz CT molecular complexity index is 363. The predicted molar refractivity (Wildman–Crippen MR) is 72.7 cm³/mol. The molecule has 0 aliphatic rings. The van der Waals surface area contributed by atoms with E-state index in [1.54, 1.807) is 23.8 Å². The van der Waals surface area contributed by atoms with E-state index in [1.807, 2.05) is 19.2 Å². The Morgan fingerprint density at radius 2 is 2.28 bits per heavy atom. The first-order valence-electron chi connectivity index (χ1n) is 6.03. The lowest BCUT2D eigenvalue weighted by Gasteiger charge is -2.27. The number of carbonyl (C=O) groups is 1. The number of urea groups is 1. The number of rotatable bonds is 6. The lowest BCUT2D eigenvalue weighted by atomic mass is 9.93. The molecule has 5 nitrogen and oxygen atoms in total. The van der Waals surface area contributed by atoms with Crippen molar-refractivity contribution in [2.24, 2.45) is 5.92 Å². The minimum atomic E-state index is -0.883. The highest BCUT2D eigenvalue weighted by Crippen LogP contribution is 2.14. The van der Waals surface area contributed by atoms with Crippen molar-refractivity contribution in [1.29, 1.82) is 0 Å². The minimum absolute atomic E-state index is 0.0906. The molecule has 102 valence electrons. The van der Waals surface area contributed by atoms with Gasteiger partial charge in [0.1, 0.15) is 0 Å². The summed E-state index contributed by atoms with van der Waals surface area (Å²) in [6.45, 7) is 6.34. The van der Waals surface area contributed by atoms with Crippen molar-refractivity contribution in [3.8, 4) is 0 Å². The quantitative estimate of drug-likeness (QED) is 0.732. The number of amides is 2. The van der Waals surface area contributed by atoms with E-state index in [2.05, 4.69) is 15.6 Å². The van der Waals surface area contributed by atoms with Gasteiger partial charge in [0.25, 0.3) is 0 Å². The van der Waals surface area contributed by atoms with E-state index >= 15 is 0 Å². The molecule has 0 bridgehead atoms. The zero-order chi connectivity index (χ0) is 13.6. The van der Waals surface area contributed by atoms with Crippen molar-refractivity contribution in [2.45, 2.75) is 32.8 Å². The van der Waals surface area contributed by atoms with E-state index in [0.29, 0.717) is 6.54 Å². The van der Waals surface area contributed by atoms with Crippen LogP contribution in [-0.2, 0) is 6.42 Å². The fourth-order valence-electron chi connectivity index (χ4n) is 1.19. The Balaban J connectivity index is 2.18. The van der Waals surface area contributed by atoms with Gasteiger partial charge in [-0.15, -0.1) is 11.3 Å². The van der Waals surface area contributed by atoms with Gasteiger partial charge in [-0.1, -0.05) is 13.8 Å². The lowest BCUT2D eigenvalue weighted by Crippen LogP contribution is -2.47. The molecule has 1 aromatic heterocycles. The third-order valence-electron chi connectivity index (χ3n) is 3.00. The Hall–Kier alpha value is -1.14. The molecule has 1 atom stereocenters. The van der Waals surface area contributed by atoms with Gasteiger partial charge in [0.15, 0.2) is 0 Å². The van der Waals surface area contributed by atoms with Gasteiger partial charge >= 0.3 is 6.03 Å². The summed E-state index contributed by atoms with van der Waals surface area (Å²) >= 11 is 1.54. The number of carbonyl (C=O) groups excluding carboxylic acids is 1. The first-order valence-corrected chi connectivity index (χ1v) is 6.97. The lowest BCUT2D eigenvalue weighted by molar-refractivity contribution is 0.0166. The zero-order valence-corrected chi connectivity index (χ0v) is 11.9. The Kier molecular flexibility index (Phi) is 5.55. The second kappa shape index (κ2) is 6.70. The van der Waals surface area contributed by atoms with E-state index in [0.717, 1.165) is 12.1 Å². The molecule has 18 heavy (non-hydrogen) atoms. The van der Waals surface area contributed by atoms with E-state index in [-0.39, 0.29) is 18.5 Å². The first-order chi connectivity index (χ1) is 8.42. The average Bonchev–Trinajstić information content (AvgIpc) is 2.79. The molecule has 1 unspecified atom stereocenters. The number of nitrogens with zero attached hydrogens (tertiary/aromatic N) is 1. The van der Waals surface area contributed by atoms with Crippen LogP contribution in [0.15, 0.2) is 10.9 Å². The maximum absolute atomic E-state index is 11.5. The molecule has 1 aromatic rings. The van der Waals surface area contributed by atoms with Crippen LogP contribution in [0.4, 0.5) is 4.79 Å². The molecule has 1 heterocycles. The summed E-state index contributed by atoms with van der Waals surface area (Å²) in [5, 5.41) is 17.3. The molecule has 0 spiro atoms. The van der Waals surface area contributed by atoms with Crippen LogP contribution in [0.5, 0.6) is 0 Å². The van der Waals surface area contributed by atoms with Crippen molar-refractivity contribution in [1.82, 2.24) is 15.6 Å². The summed E-state index contributed by atoms with van der Waals surface area (Å²) in [7, 11) is 0. The summed E-state index contributed by atoms with van der Waals surface area (Å²) in [4.78, 5) is 15.6. The average molecular weight is 271 g/mol. The summed E-state index contributed by atoms with van der Waals surface area (Å²) in [6, 6.07) is -0.258. The van der Waals surface area contributed by atoms with Gasteiger partial charge < -0.3 is 15.7 Å². The predicted octanol–water partition coefficient (Wildman–Crippen LogP) is 1.39. The van der Waals surface area contributed by atoms with Crippen LogP contribution in [0.1, 0.15) is 26.5 Å². The highest BCUT2D eigenvalue weighted by molar-refractivity contribution is 7.07. The van der Waals surface area contributed by atoms with Gasteiger partial charge in [-0.05, 0) is 12.8 Å². The van der Waals surface area contributed by atoms with E-state index in [1.165, 1.54) is 0 Å². The Labute approximate surface area is 112 Å². The van der Waals surface area contributed by atoms with E-state index < -0.39 is 5.60 Å². The second-order valence-electron chi connectivity index (χ2n) is 4.85. The largest absolute Gasteiger partial charge is 0.388 e. The summed E-state index contributed by atoms with van der Waals surface area (Å²) < 4.78 is 0. The van der Waals surface area contributed by atoms with Crippen molar-refractivity contribution in [3.63, 3.8) is 0 Å². The van der Waals surface area contributed by atoms with Crippen LogP contribution in [0.2, 0.25) is 0 Å². The van der Waals surface area contributed by atoms with Crippen LogP contribution < -0.4 is 10.6 Å². The van der Waals surface area contributed by atoms with Crippen LogP contribution in [-0.4, -0.2) is 34.8 Å². The SMILES string of the molecule is CC(C)C(C)(O)CNC(=O)NCCc1cscn1. The second-order valence-corrected chi connectivity index (χ2v) is 5.57. The number of hydrogen-bond donors (Lipinski definition) is 3. The van der Waals surface area contributed by atoms with Crippen molar-refractivity contribution >= 4 is 17.4 Å². The van der Waals surface area contributed by atoms with Gasteiger partial charge in [-0.2, -0.15) is 0 Å². The molecule has 2 amide bonds. The molecular formula is C12H21N3O2S. The maximum Gasteiger partial charge on any atom is 0.314 e. The molecule has 6 heteroatoms. The monoisotopic (exact) mass is 271 g/mol. The Morgan fingerprint density at radius 3 is 2.83 bits per heavy atom. The van der Waals surface area contributed by atoms with Gasteiger partial charge in [0, 0.05) is 24.9 Å². The highest BCUT2D eigenvalue weighted by atomic mass is 32.1. The third-order valence-corrected chi connectivity index (χ3v) is 3.64. The van der Waals surface area contributed by atoms with Gasteiger partial charge in [0.05, 0.1) is 16.8 Å². The van der Waals surface area contributed by atoms with Crippen molar-refractivity contribution < 1.29 is 9.90 Å². The van der Waals surface area contributed by atoms with E-state index in [4.69, 9.17) is 0 Å². The fraction of sp³-hybridized carbons (Fsp3) is 0.667. The molecule has 0 saturated carbocycles. The van der Waals surface area contributed by atoms with Gasteiger partial charge in [-0.3, -0.25) is 0 Å². The number of nitrogens with one attached hydrogen (secondary N) is 2.